The van der Waals surface area contributed by atoms with Gasteiger partial charge in [0.1, 0.15) is 0 Å². The summed E-state index contributed by atoms with van der Waals surface area (Å²) in [6, 6.07) is 10.4. The van der Waals surface area contributed by atoms with Crippen molar-refractivity contribution in [2.24, 2.45) is 0 Å². The molecule has 1 fully saturated rings. The second kappa shape index (κ2) is 8.05. The van der Waals surface area contributed by atoms with Gasteiger partial charge in [0.2, 0.25) is 5.91 Å². The molecule has 0 heterocycles. The maximum Gasteiger partial charge on any atom is 0.237 e. The summed E-state index contributed by atoms with van der Waals surface area (Å²) in [5.74, 6) is 0.142. The van der Waals surface area contributed by atoms with Gasteiger partial charge in [-0.05, 0) is 31.9 Å². The summed E-state index contributed by atoms with van der Waals surface area (Å²) in [5, 5.41) is 6.37. The molecule has 3 nitrogen and oxygen atoms in total. The third-order valence-corrected chi connectivity index (χ3v) is 4.15. The van der Waals surface area contributed by atoms with Crippen molar-refractivity contribution in [3.8, 4) is 0 Å². The van der Waals surface area contributed by atoms with Crippen molar-refractivity contribution >= 4 is 5.91 Å². The number of hydrogen-bond acceptors (Lipinski definition) is 2. The molecule has 2 N–H and O–H groups in total. The second-order valence-corrected chi connectivity index (χ2v) is 5.73. The van der Waals surface area contributed by atoms with Crippen LogP contribution in [0.5, 0.6) is 0 Å². The van der Waals surface area contributed by atoms with Crippen LogP contribution in [0.2, 0.25) is 0 Å². The van der Waals surface area contributed by atoms with E-state index in [2.05, 4.69) is 22.8 Å². The molecule has 2 rings (SSSR count). The van der Waals surface area contributed by atoms with Gasteiger partial charge >= 0.3 is 0 Å². The van der Waals surface area contributed by atoms with Crippen LogP contribution in [0.1, 0.15) is 44.1 Å². The first kappa shape index (κ1) is 15.0. The molecule has 0 bridgehead atoms. The summed E-state index contributed by atoms with van der Waals surface area (Å²) in [6.07, 6.45) is 8.12. The summed E-state index contributed by atoms with van der Waals surface area (Å²) in [5.41, 5.74) is 1.20. The Labute approximate surface area is 122 Å². The third kappa shape index (κ3) is 4.64. The Morgan fingerprint density at radius 3 is 2.40 bits per heavy atom. The highest BCUT2D eigenvalue weighted by molar-refractivity contribution is 5.82. The number of amides is 1. The molecule has 1 aliphatic carbocycles. The van der Waals surface area contributed by atoms with Crippen molar-refractivity contribution in [3.05, 3.63) is 35.9 Å². The number of carbonyl (C=O) groups excluding carboxylic acids is 1. The molecule has 0 radical (unpaired) electrons. The first-order valence-corrected chi connectivity index (χ1v) is 7.81. The molecule has 0 spiro atoms. The van der Waals surface area contributed by atoms with Crippen LogP contribution in [0.25, 0.3) is 0 Å². The van der Waals surface area contributed by atoms with Gasteiger partial charge in [0.15, 0.2) is 0 Å². The predicted molar refractivity (Wildman–Crippen MR) is 82.6 cm³/mol. The Balaban J connectivity index is 1.88. The first-order valence-electron chi connectivity index (χ1n) is 7.81. The van der Waals surface area contributed by atoms with Gasteiger partial charge in [-0.3, -0.25) is 4.79 Å². The normalized spacial score (nSPS) is 18.2. The van der Waals surface area contributed by atoms with Crippen LogP contribution in [-0.2, 0) is 11.2 Å². The minimum atomic E-state index is -0.138. The summed E-state index contributed by atoms with van der Waals surface area (Å²) in [4.78, 5) is 12.4. The molecule has 3 heteroatoms. The van der Waals surface area contributed by atoms with Crippen LogP contribution in [0, 0.1) is 0 Å². The smallest absolute Gasteiger partial charge is 0.237 e. The molecule has 1 unspecified atom stereocenters. The summed E-state index contributed by atoms with van der Waals surface area (Å²) >= 11 is 0. The zero-order valence-corrected chi connectivity index (χ0v) is 12.4. The summed E-state index contributed by atoms with van der Waals surface area (Å²) in [7, 11) is 1.86. The topological polar surface area (TPSA) is 41.1 Å². The monoisotopic (exact) mass is 274 g/mol. The largest absolute Gasteiger partial charge is 0.352 e. The lowest BCUT2D eigenvalue weighted by molar-refractivity contribution is -0.123. The van der Waals surface area contributed by atoms with E-state index in [1.807, 2.05) is 25.2 Å². The van der Waals surface area contributed by atoms with Crippen molar-refractivity contribution < 1.29 is 4.79 Å². The molecule has 1 aliphatic rings. The Morgan fingerprint density at radius 1 is 1.15 bits per heavy atom. The Hall–Kier alpha value is -1.35. The Bertz CT molecular complexity index is 397. The molecule has 0 aliphatic heterocycles. The van der Waals surface area contributed by atoms with Gasteiger partial charge in [0.05, 0.1) is 6.04 Å². The highest BCUT2D eigenvalue weighted by atomic mass is 16.2. The van der Waals surface area contributed by atoms with Crippen molar-refractivity contribution in [2.75, 3.05) is 7.05 Å². The van der Waals surface area contributed by atoms with E-state index in [4.69, 9.17) is 0 Å². The zero-order chi connectivity index (χ0) is 14.2. The average molecular weight is 274 g/mol. The molecule has 20 heavy (non-hydrogen) atoms. The van der Waals surface area contributed by atoms with E-state index < -0.39 is 0 Å². The number of nitrogens with one attached hydrogen (secondary N) is 2. The quantitative estimate of drug-likeness (QED) is 0.811. The van der Waals surface area contributed by atoms with Crippen LogP contribution in [0.15, 0.2) is 30.3 Å². The van der Waals surface area contributed by atoms with E-state index in [0.29, 0.717) is 6.04 Å². The van der Waals surface area contributed by atoms with E-state index in [1.165, 1.54) is 31.2 Å². The average Bonchev–Trinajstić information content (AvgIpc) is 2.74. The molecule has 1 aromatic carbocycles. The zero-order valence-electron chi connectivity index (χ0n) is 12.4. The van der Waals surface area contributed by atoms with Gasteiger partial charge < -0.3 is 10.6 Å². The molecule has 1 atom stereocenters. The lowest BCUT2D eigenvalue weighted by Gasteiger charge is -2.21. The van der Waals surface area contributed by atoms with Crippen LogP contribution in [0.4, 0.5) is 0 Å². The second-order valence-electron chi connectivity index (χ2n) is 5.73. The fourth-order valence-corrected chi connectivity index (χ4v) is 2.90. The summed E-state index contributed by atoms with van der Waals surface area (Å²) in [6.45, 7) is 0. The number of benzene rings is 1. The maximum absolute atomic E-state index is 12.4. The van der Waals surface area contributed by atoms with Crippen molar-refractivity contribution in [2.45, 2.75) is 57.0 Å². The van der Waals surface area contributed by atoms with Crippen LogP contribution >= 0.6 is 0 Å². The molecule has 1 saturated carbocycles. The maximum atomic E-state index is 12.4. The van der Waals surface area contributed by atoms with Crippen molar-refractivity contribution in [1.29, 1.82) is 0 Å². The highest BCUT2D eigenvalue weighted by Crippen LogP contribution is 2.17. The first-order chi connectivity index (χ1) is 9.79. The molecular formula is C17H26N2O. The fraction of sp³-hybridized carbons (Fsp3) is 0.588. The SMILES string of the molecule is CNC(Cc1ccccc1)C(=O)NC1CCCCCC1. The highest BCUT2D eigenvalue weighted by Gasteiger charge is 2.21. The van der Waals surface area contributed by atoms with Gasteiger partial charge in [-0.25, -0.2) is 0 Å². The van der Waals surface area contributed by atoms with Gasteiger partial charge in [0.25, 0.3) is 0 Å². The Morgan fingerprint density at radius 2 is 1.80 bits per heavy atom. The predicted octanol–water partition coefficient (Wildman–Crippen LogP) is 2.66. The van der Waals surface area contributed by atoms with Gasteiger partial charge in [-0.1, -0.05) is 56.0 Å². The minimum Gasteiger partial charge on any atom is -0.352 e. The van der Waals surface area contributed by atoms with Crippen LogP contribution in [0.3, 0.4) is 0 Å². The van der Waals surface area contributed by atoms with Gasteiger partial charge in [-0.2, -0.15) is 0 Å². The molecule has 110 valence electrons. The van der Waals surface area contributed by atoms with Crippen molar-refractivity contribution in [1.82, 2.24) is 10.6 Å². The van der Waals surface area contributed by atoms with E-state index in [0.717, 1.165) is 19.3 Å². The lowest BCUT2D eigenvalue weighted by atomic mass is 10.0. The van der Waals surface area contributed by atoms with E-state index >= 15 is 0 Å². The van der Waals surface area contributed by atoms with Gasteiger partial charge in [0, 0.05) is 6.04 Å². The number of likely N-dealkylation sites (N-methyl/N-ethyl adjacent to an activating group) is 1. The standard InChI is InChI=1S/C17H26N2O/c1-18-16(13-14-9-5-4-6-10-14)17(20)19-15-11-7-2-3-8-12-15/h4-6,9-10,15-16,18H,2-3,7-8,11-13H2,1H3,(H,19,20). The van der Waals surface area contributed by atoms with E-state index in [1.54, 1.807) is 0 Å². The van der Waals surface area contributed by atoms with E-state index in [9.17, 15) is 4.79 Å². The minimum absolute atomic E-state index is 0.138. The fourth-order valence-electron chi connectivity index (χ4n) is 2.90. The number of hydrogen-bond donors (Lipinski definition) is 2. The lowest BCUT2D eigenvalue weighted by Crippen LogP contribution is -2.47. The summed E-state index contributed by atoms with van der Waals surface area (Å²) < 4.78 is 0. The molecule has 1 amide bonds. The third-order valence-electron chi connectivity index (χ3n) is 4.15. The van der Waals surface area contributed by atoms with Gasteiger partial charge in [-0.15, -0.1) is 0 Å². The molecule has 1 aromatic rings. The molecule has 0 saturated heterocycles. The number of rotatable bonds is 5. The molecule has 0 aromatic heterocycles. The molecular weight excluding hydrogens is 248 g/mol. The van der Waals surface area contributed by atoms with Crippen LogP contribution < -0.4 is 10.6 Å². The van der Waals surface area contributed by atoms with Crippen LogP contribution in [-0.4, -0.2) is 25.0 Å². The number of carbonyl (C=O) groups is 1. The Kier molecular flexibility index (Phi) is 6.06. The van der Waals surface area contributed by atoms with E-state index in [-0.39, 0.29) is 11.9 Å². The van der Waals surface area contributed by atoms with Crippen molar-refractivity contribution in [3.63, 3.8) is 0 Å².